The number of nitrogens with zero attached hydrogens (tertiary/aromatic N) is 1. The molecule has 0 spiro atoms. The Morgan fingerprint density at radius 3 is 2.89 bits per heavy atom. The molecule has 1 aromatic carbocycles. The lowest BCUT2D eigenvalue weighted by Crippen LogP contribution is -2.51. The third-order valence-electron chi connectivity index (χ3n) is 3.52. The van der Waals surface area contributed by atoms with Crippen LogP contribution < -0.4 is 5.73 Å². The molecule has 1 aliphatic rings. The van der Waals surface area contributed by atoms with Gasteiger partial charge < -0.3 is 15.4 Å². The summed E-state index contributed by atoms with van der Waals surface area (Å²) >= 11 is 0. The maximum Gasteiger partial charge on any atom is 0.239 e. The van der Waals surface area contributed by atoms with Crippen LogP contribution in [0, 0.1) is 0 Å². The highest BCUT2D eigenvalue weighted by Gasteiger charge is 2.26. The molecule has 0 radical (unpaired) electrons. The van der Waals surface area contributed by atoms with Gasteiger partial charge >= 0.3 is 0 Å². The lowest BCUT2D eigenvalue weighted by molar-refractivity contribution is -0.140. The second-order valence-electron chi connectivity index (χ2n) is 4.98. The van der Waals surface area contributed by atoms with Crippen LogP contribution in [0.4, 0.5) is 0 Å². The predicted molar refractivity (Wildman–Crippen MR) is 74.7 cm³/mol. The normalized spacial score (nSPS) is 21.2. The van der Waals surface area contributed by atoms with Gasteiger partial charge in [0.15, 0.2) is 0 Å². The third-order valence-corrected chi connectivity index (χ3v) is 3.52. The zero-order valence-electron chi connectivity index (χ0n) is 11.4. The molecule has 4 heteroatoms. The largest absolute Gasteiger partial charge is 0.375 e. The molecule has 104 valence electrons. The Bertz CT molecular complexity index is 408. The highest BCUT2D eigenvalue weighted by atomic mass is 16.5. The van der Waals surface area contributed by atoms with Gasteiger partial charge in [-0.25, -0.2) is 0 Å². The van der Waals surface area contributed by atoms with Crippen LogP contribution in [-0.4, -0.2) is 42.6 Å². The molecule has 19 heavy (non-hydrogen) atoms. The highest BCUT2D eigenvalue weighted by molar-refractivity contribution is 5.82. The Morgan fingerprint density at radius 2 is 2.21 bits per heavy atom. The predicted octanol–water partition coefficient (Wildman–Crippen LogP) is 1.19. The van der Waals surface area contributed by atoms with Crippen molar-refractivity contribution in [2.45, 2.75) is 31.9 Å². The molecule has 0 saturated carbocycles. The molecule has 1 saturated heterocycles. The maximum absolute atomic E-state index is 12.3. The van der Waals surface area contributed by atoms with Gasteiger partial charge in [-0.1, -0.05) is 37.3 Å². The molecule has 0 unspecified atom stereocenters. The van der Waals surface area contributed by atoms with E-state index in [1.165, 1.54) is 0 Å². The summed E-state index contributed by atoms with van der Waals surface area (Å²) in [6, 6.07) is 9.44. The van der Waals surface area contributed by atoms with Gasteiger partial charge in [-0.2, -0.15) is 0 Å². The van der Waals surface area contributed by atoms with Crippen molar-refractivity contribution in [1.82, 2.24) is 4.90 Å². The van der Waals surface area contributed by atoms with E-state index >= 15 is 0 Å². The summed E-state index contributed by atoms with van der Waals surface area (Å²) in [6.45, 7) is 4.00. The number of carbonyl (C=O) groups is 1. The summed E-state index contributed by atoms with van der Waals surface area (Å²) in [4.78, 5) is 14.1. The van der Waals surface area contributed by atoms with Crippen LogP contribution in [0.25, 0.3) is 0 Å². The van der Waals surface area contributed by atoms with Crippen molar-refractivity contribution in [2.75, 3.05) is 19.7 Å². The second-order valence-corrected chi connectivity index (χ2v) is 4.98. The summed E-state index contributed by atoms with van der Waals surface area (Å²) in [6.07, 6.45) is 1.67. The van der Waals surface area contributed by atoms with E-state index < -0.39 is 6.04 Å². The second kappa shape index (κ2) is 6.68. The van der Waals surface area contributed by atoms with Gasteiger partial charge in [0.2, 0.25) is 5.91 Å². The first-order valence-electron chi connectivity index (χ1n) is 6.90. The maximum atomic E-state index is 12.3. The summed E-state index contributed by atoms with van der Waals surface area (Å²) < 4.78 is 5.57. The summed E-state index contributed by atoms with van der Waals surface area (Å²) in [5.74, 6) is 0.0330. The number of hydrogen-bond acceptors (Lipinski definition) is 3. The molecule has 0 aliphatic carbocycles. The number of carbonyl (C=O) groups excluding carboxylic acids is 1. The van der Waals surface area contributed by atoms with Crippen molar-refractivity contribution in [1.29, 1.82) is 0 Å². The zero-order valence-corrected chi connectivity index (χ0v) is 11.4. The molecular formula is C15H22N2O2. The van der Waals surface area contributed by atoms with Crippen LogP contribution in [0.3, 0.4) is 0 Å². The molecule has 1 aromatic rings. The van der Waals surface area contributed by atoms with E-state index in [2.05, 4.69) is 6.92 Å². The SMILES string of the molecule is CC[C@H]1CN(C(=O)[C@H](N)Cc2ccccc2)CCO1. The molecule has 2 N–H and O–H groups in total. The zero-order chi connectivity index (χ0) is 13.7. The fourth-order valence-electron chi connectivity index (χ4n) is 2.36. The van der Waals surface area contributed by atoms with Crippen molar-refractivity contribution in [3.63, 3.8) is 0 Å². The molecule has 1 aliphatic heterocycles. The number of ether oxygens (including phenoxy) is 1. The number of benzene rings is 1. The van der Waals surface area contributed by atoms with Crippen LogP contribution in [0.2, 0.25) is 0 Å². The van der Waals surface area contributed by atoms with Gasteiger partial charge in [0.1, 0.15) is 0 Å². The van der Waals surface area contributed by atoms with E-state index in [4.69, 9.17) is 10.5 Å². The van der Waals surface area contributed by atoms with Gasteiger partial charge in [0.05, 0.1) is 18.8 Å². The first-order chi connectivity index (χ1) is 9.20. The molecule has 2 atom stereocenters. The van der Waals surface area contributed by atoms with Crippen molar-refractivity contribution in [2.24, 2.45) is 5.73 Å². The lowest BCUT2D eigenvalue weighted by Gasteiger charge is -2.34. The molecule has 0 bridgehead atoms. The summed E-state index contributed by atoms with van der Waals surface area (Å²) in [5.41, 5.74) is 7.14. The number of nitrogens with two attached hydrogens (primary N) is 1. The molecular weight excluding hydrogens is 240 g/mol. The molecule has 4 nitrogen and oxygen atoms in total. The Labute approximate surface area is 114 Å². The minimum Gasteiger partial charge on any atom is -0.375 e. The Morgan fingerprint density at radius 1 is 1.47 bits per heavy atom. The van der Waals surface area contributed by atoms with E-state index in [0.29, 0.717) is 26.1 Å². The Kier molecular flexibility index (Phi) is 4.93. The topological polar surface area (TPSA) is 55.6 Å². The van der Waals surface area contributed by atoms with E-state index in [9.17, 15) is 4.79 Å². The summed E-state index contributed by atoms with van der Waals surface area (Å²) in [5, 5.41) is 0. The molecule has 0 aromatic heterocycles. The monoisotopic (exact) mass is 262 g/mol. The van der Waals surface area contributed by atoms with E-state index in [0.717, 1.165) is 12.0 Å². The van der Waals surface area contributed by atoms with E-state index in [1.807, 2.05) is 35.2 Å². The van der Waals surface area contributed by atoms with E-state index in [-0.39, 0.29) is 12.0 Å². The van der Waals surface area contributed by atoms with Crippen molar-refractivity contribution in [3.8, 4) is 0 Å². The fourth-order valence-corrected chi connectivity index (χ4v) is 2.36. The van der Waals surface area contributed by atoms with Gasteiger partial charge in [0, 0.05) is 13.1 Å². The first kappa shape index (κ1) is 14.0. The van der Waals surface area contributed by atoms with Crippen molar-refractivity contribution in [3.05, 3.63) is 35.9 Å². The van der Waals surface area contributed by atoms with E-state index in [1.54, 1.807) is 0 Å². The standard InChI is InChI=1S/C15H22N2O2/c1-2-13-11-17(8-9-19-13)15(18)14(16)10-12-6-4-3-5-7-12/h3-7,13-14H,2,8-11,16H2,1H3/t13-,14+/m0/s1. The lowest BCUT2D eigenvalue weighted by atomic mass is 10.1. The summed E-state index contributed by atoms with van der Waals surface area (Å²) in [7, 11) is 0. The smallest absolute Gasteiger partial charge is 0.239 e. The minimum absolute atomic E-state index is 0.0330. The quantitative estimate of drug-likeness (QED) is 0.887. The third kappa shape index (κ3) is 3.78. The highest BCUT2D eigenvalue weighted by Crippen LogP contribution is 2.11. The number of amides is 1. The van der Waals surface area contributed by atoms with Crippen LogP contribution in [-0.2, 0) is 16.0 Å². The Hall–Kier alpha value is -1.39. The minimum atomic E-state index is -0.460. The van der Waals surface area contributed by atoms with Crippen LogP contribution in [0.1, 0.15) is 18.9 Å². The molecule has 1 fully saturated rings. The first-order valence-corrected chi connectivity index (χ1v) is 6.90. The van der Waals surface area contributed by atoms with Gasteiger partial charge in [-0.05, 0) is 18.4 Å². The van der Waals surface area contributed by atoms with Gasteiger partial charge in [0.25, 0.3) is 0 Å². The molecule has 2 rings (SSSR count). The van der Waals surface area contributed by atoms with Crippen molar-refractivity contribution < 1.29 is 9.53 Å². The number of morpholine rings is 1. The van der Waals surface area contributed by atoms with Gasteiger partial charge in [-0.3, -0.25) is 4.79 Å². The van der Waals surface area contributed by atoms with Crippen LogP contribution in [0.15, 0.2) is 30.3 Å². The fraction of sp³-hybridized carbons (Fsp3) is 0.533. The number of hydrogen-bond donors (Lipinski definition) is 1. The molecule has 1 amide bonds. The average Bonchev–Trinajstić information content (AvgIpc) is 2.47. The van der Waals surface area contributed by atoms with Gasteiger partial charge in [-0.15, -0.1) is 0 Å². The van der Waals surface area contributed by atoms with Crippen molar-refractivity contribution >= 4 is 5.91 Å². The van der Waals surface area contributed by atoms with Crippen LogP contribution in [0.5, 0.6) is 0 Å². The average molecular weight is 262 g/mol. The number of rotatable bonds is 4. The Balaban J connectivity index is 1.91. The molecule has 1 heterocycles. The van der Waals surface area contributed by atoms with Crippen LogP contribution >= 0.6 is 0 Å².